The van der Waals surface area contributed by atoms with Crippen molar-refractivity contribution in [2.75, 3.05) is 6.61 Å². The maximum atomic E-state index is 5.42. The predicted octanol–water partition coefficient (Wildman–Crippen LogP) is 3.73. The van der Waals surface area contributed by atoms with Crippen molar-refractivity contribution in [3.63, 3.8) is 0 Å². The van der Waals surface area contributed by atoms with Crippen molar-refractivity contribution in [1.29, 1.82) is 0 Å². The zero-order valence-corrected chi connectivity index (χ0v) is 9.50. The fourth-order valence-corrected chi connectivity index (χ4v) is 1.72. The van der Waals surface area contributed by atoms with Crippen LogP contribution in [0.25, 0.3) is 11.0 Å². The highest BCUT2D eigenvalue weighted by molar-refractivity contribution is 9.10. The van der Waals surface area contributed by atoms with Gasteiger partial charge in [0.1, 0.15) is 5.58 Å². The number of hydrogen-bond acceptors (Lipinski definition) is 2. The van der Waals surface area contributed by atoms with Gasteiger partial charge in [-0.15, -0.1) is 0 Å². The monoisotopic (exact) mass is 254 g/mol. The molecule has 14 heavy (non-hydrogen) atoms. The number of benzene rings is 1. The highest BCUT2D eigenvalue weighted by atomic mass is 79.9. The first kappa shape index (κ1) is 9.74. The Balaban J connectivity index is 2.37. The van der Waals surface area contributed by atoms with Gasteiger partial charge in [-0.05, 0) is 25.1 Å². The van der Waals surface area contributed by atoms with Crippen LogP contribution in [0.4, 0.5) is 0 Å². The summed E-state index contributed by atoms with van der Waals surface area (Å²) in [6, 6.07) is 6.01. The van der Waals surface area contributed by atoms with E-state index in [-0.39, 0.29) is 0 Å². The van der Waals surface area contributed by atoms with Gasteiger partial charge >= 0.3 is 0 Å². The molecule has 1 aromatic heterocycles. The SMILES string of the molecule is CCOCc1coc2cc(Br)ccc12. The molecule has 2 nitrogen and oxygen atoms in total. The molecule has 0 spiro atoms. The quantitative estimate of drug-likeness (QED) is 0.833. The lowest BCUT2D eigenvalue weighted by atomic mass is 10.2. The summed E-state index contributed by atoms with van der Waals surface area (Å²) in [6.07, 6.45) is 1.76. The molecule has 2 rings (SSSR count). The van der Waals surface area contributed by atoms with Gasteiger partial charge in [0.15, 0.2) is 0 Å². The summed E-state index contributed by atoms with van der Waals surface area (Å²) in [4.78, 5) is 0. The Hall–Kier alpha value is -0.800. The number of rotatable bonds is 3. The Morgan fingerprint density at radius 2 is 2.29 bits per heavy atom. The second-order valence-electron chi connectivity index (χ2n) is 3.04. The first-order valence-electron chi connectivity index (χ1n) is 4.54. The third kappa shape index (κ3) is 1.83. The normalized spacial score (nSPS) is 11.0. The molecule has 0 atom stereocenters. The zero-order valence-electron chi connectivity index (χ0n) is 7.92. The summed E-state index contributed by atoms with van der Waals surface area (Å²) in [6.45, 7) is 3.33. The van der Waals surface area contributed by atoms with Gasteiger partial charge in [-0.2, -0.15) is 0 Å². The largest absolute Gasteiger partial charge is 0.464 e. The highest BCUT2D eigenvalue weighted by Gasteiger charge is 2.05. The van der Waals surface area contributed by atoms with Gasteiger partial charge in [0, 0.05) is 22.0 Å². The summed E-state index contributed by atoms with van der Waals surface area (Å²) < 4.78 is 11.8. The molecule has 0 N–H and O–H groups in total. The van der Waals surface area contributed by atoms with Gasteiger partial charge in [0.25, 0.3) is 0 Å². The summed E-state index contributed by atoms with van der Waals surface area (Å²) in [5.74, 6) is 0. The van der Waals surface area contributed by atoms with Crippen LogP contribution >= 0.6 is 15.9 Å². The van der Waals surface area contributed by atoms with E-state index in [1.165, 1.54) is 0 Å². The molecule has 0 unspecified atom stereocenters. The topological polar surface area (TPSA) is 22.4 Å². The maximum Gasteiger partial charge on any atom is 0.135 e. The summed E-state index contributed by atoms with van der Waals surface area (Å²) in [7, 11) is 0. The van der Waals surface area contributed by atoms with Crippen molar-refractivity contribution in [3.05, 3.63) is 34.5 Å². The predicted molar refractivity (Wildman–Crippen MR) is 59.2 cm³/mol. The number of fused-ring (bicyclic) bond motifs is 1. The minimum Gasteiger partial charge on any atom is -0.464 e. The van der Waals surface area contributed by atoms with Crippen molar-refractivity contribution >= 4 is 26.9 Å². The van der Waals surface area contributed by atoms with Gasteiger partial charge in [0.2, 0.25) is 0 Å². The summed E-state index contributed by atoms with van der Waals surface area (Å²) in [5, 5.41) is 1.13. The van der Waals surface area contributed by atoms with E-state index in [9.17, 15) is 0 Å². The van der Waals surface area contributed by atoms with Crippen molar-refractivity contribution in [2.24, 2.45) is 0 Å². The van der Waals surface area contributed by atoms with Crippen LogP contribution < -0.4 is 0 Å². The van der Waals surface area contributed by atoms with Gasteiger partial charge in [-0.1, -0.05) is 15.9 Å². The smallest absolute Gasteiger partial charge is 0.135 e. The van der Waals surface area contributed by atoms with Crippen molar-refractivity contribution in [1.82, 2.24) is 0 Å². The number of hydrogen-bond donors (Lipinski definition) is 0. The Bertz CT molecular complexity index is 434. The molecule has 0 bridgehead atoms. The maximum absolute atomic E-state index is 5.42. The van der Waals surface area contributed by atoms with Crippen LogP contribution in [0.2, 0.25) is 0 Å². The van der Waals surface area contributed by atoms with Crippen molar-refractivity contribution in [2.45, 2.75) is 13.5 Å². The Morgan fingerprint density at radius 3 is 3.07 bits per heavy atom. The van der Waals surface area contributed by atoms with E-state index in [2.05, 4.69) is 15.9 Å². The Kier molecular flexibility index (Phi) is 2.89. The van der Waals surface area contributed by atoms with E-state index in [1.807, 2.05) is 25.1 Å². The lowest BCUT2D eigenvalue weighted by molar-refractivity contribution is 0.134. The van der Waals surface area contributed by atoms with E-state index < -0.39 is 0 Å². The van der Waals surface area contributed by atoms with E-state index in [0.29, 0.717) is 6.61 Å². The van der Waals surface area contributed by atoms with Crippen molar-refractivity contribution in [3.8, 4) is 0 Å². The average Bonchev–Trinajstić information content (AvgIpc) is 2.57. The van der Waals surface area contributed by atoms with Crippen LogP contribution in [-0.2, 0) is 11.3 Å². The van der Waals surface area contributed by atoms with Crippen LogP contribution in [0.5, 0.6) is 0 Å². The van der Waals surface area contributed by atoms with Crippen LogP contribution in [0, 0.1) is 0 Å². The van der Waals surface area contributed by atoms with Crippen LogP contribution in [-0.4, -0.2) is 6.61 Å². The van der Waals surface area contributed by atoms with Crippen molar-refractivity contribution < 1.29 is 9.15 Å². The van der Waals surface area contributed by atoms with Gasteiger partial charge < -0.3 is 9.15 Å². The number of furan rings is 1. The first-order chi connectivity index (χ1) is 6.81. The molecule has 74 valence electrons. The molecule has 0 aliphatic carbocycles. The second kappa shape index (κ2) is 4.15. The lowest BCUT2D eigenvalue weighted by Gasteiger charge is -1.97. The lowest BCUT2D eigenvalue weighted by Crippen LogP contribution is -1.89. The summed E-state index contributed by atoms with van der Waals surface area (Å²) >= 11 is 3.40. The molecule has 2 aromatic rings. The summed E-state index contributed by atoms with van der Waals surface area (Å²) in [5.41, 5.74) is 2.00. The Morgan fingerprint density at radius 1 is 1.43 bits per heavy atom. The molecule has 0 saturated heterocycles. The van der Waals surface area contributed by atoms with E-state index >= 15 is 0 Å². The molecule has 0 saturated carbocycles. The molecule has 0 radical (unpaired) electrons. The highest BCUT2D eigenvalue weighted by Crippen LogP contribution is 2.25. The molecule has 0 amide bonds. The molecule has 1 heterocycles. The Labute approximate surface area is 91.0 Å². The molecule has 3 heteroatoms. The van der Waals surface area contributed by atoms with Gasteiger partial charge in [-0.3, -0.25) is 0 Å². The van der Waals surface area contributed by atoms with E-state index in [1.54, 1.807) is 6.26 Å². The van der Waals surface area contributed by atoms with Crippen LogP contribution in [0.3, 0.4) is 0 Å². The number of halogens is 1. The van der Waals surface area contributed by atoms with E-state index in [4.69, 9.17) is 9.15 Å². The van der Waals surface area contributed by atoms with Crippen LogP contribution in [0.15, 0.2) is 33.4 Å². The number of ether oxygens (including phenoxy) is 1. The first-order valence-corrected chi connectivity index (χ1v) is 5.34. The molecule has 0 aliphatic heterocycles. The average molecular weight is 255 g/mol. The fraction of sp³-hybridized carbons (Fsp3) is 0.273. The molecular formula is C11H11BrO2. The van der Waals surface area contributed by atoms with Gasteiger partial charge in [-0.25, -0.2) is 0 Å². The minimum atomic E-state index is 0.616. The zero-order chi connectivity index (χ0) is 9.97. The van der Waals surface area contributed by atoms with Crippen LogP contribution in [0.1, 0.15) is 12.5 Å². The van der Waals surface area contributed by atoms with Gasteiger partial charge in [0.05, 0.1) is 12.9 Å². The minimum absolute atomic E-state index is 0.616. The third-order valence-electron chi connectivity index (χ3n) is 2.08. The fourth-order valence-electron chi connectivity index (χ4n) is 1.38. The van der Waals surface area contributed by atoms with E-state index in [0.717, 1.165) is 27.6 Å². The standard InChI is InChI=1S/C11H11BrO2/c1-2-13-6-8-7-14-11-5-9(12)3-4-10(8)11/h3-5,7H,2,6H2,1H3. The molecular weight excluding hydrogens is 244 g/mol. The second-order valence-corrected chi connectivity index (χ2v) is 3.95. The third-order valence-corrected chi connectivity index (χ3v) is 2.57. The molecule has 0 aliphatic rings. The molecule has 0 fully saturated rings. The molecule has 1 aromatic carbocycles.